The Balaban J connectivity index is 1.80. The van der Waals surface area contributed by atoms with Crippen molar-refractivity contribution < 1.29 is 14.3 Å². The summed E-state index contributed by atoms with van der Waals surface area (Å²) in [5, 5.41) is 2.87. The summed E-state index contributed by atoms with van der Waals surface area (Å²) in [6.45, 7) is 6.98. The summed E-state index contributed by atoms with van der Waals surface area (Å²) >= 11 is 0. The van der Waals surface area contributed by atoms with Gasteiger partial charge in [-0.05, 0) is 45.0 Å². The molecule has 26 heavy (non-hydrogen) atoms. The Labute approximate surface area is 154 Å². The van der Waals surface area contributed by atoms with Gasteiger partial charge in [0.05, 0.1) is 23.5 Å². The van der Waals surface area contributed by atoms with E-state index in [2.05, 4.69) is 5.32 Å². The number of morpholine rings is 1. The van der Waals surface area contributed by atoms with Crippen LogP contribution in [-0.2, 0) is 4.74 Å². The van der Waals surface area contributed by atoms with Gasteiger partial charge in [-0.2, -0.15) is 0 Å². The molecule has 2 aromatic carbocycles. The van der Waals surface area contributed by atoms with Crippen molar-refractivity contribution in [3.8, 4) is 0 Å². The van der Waals surface area contributed by atoms with Gasteiger partial charge in [-0.25, -0.2) is 0 Å². The van der Waals surface area contributed by atoms with Crippen molar-refractivity contribution in [1.82, 2.24) is 4.90 Å². The number of aryl methyl sites for hydroxylation is 1. The van der Waals surface area contributed by atoms with Crippen molar-refractivity contribution in [1.29, 1.82) is 0 Å². The Morgan fingerprint density at radius 2 is 1.62 bits per heavy atom. The van der Waals surface area contributed by atoms with Crippen molar-refractivity contribution >= 4 is 17.5 Å². The average Bonchev–Trinajstić information content (AvgIpc) is 2.61. The smallest absolute Gasteiger partial charge is 0.256 e. The first-order valence-corrected chi connectivity index (χ1v) is 8.86. The number of nitrogens with one attached hydrogen (secondary N) is 1. The van der Waals surface area contributed by atoms with Crippen LogP contribution in [0.15, 0.2) is 48.5 Å². The average molecular weight is 352 g/mol. The highest BCUT2D eigenvalue weighted by atomic mass is 16.5. The second kappa shape index (κ2) is 7.70. The normalized spacial score (nSPS) is 19.9. The number of hydrogen-bond donors (Lipinski definition) is 1. The lowest BCUT2D eigenvalue weighted by Gasteiger charge is -2.35. The summed E-state index contributed by atoms with van der Waals surface area (Å²) in [4.78, 5) is 27.3. The van der Waals surface area contributed by atoms with Crippen LogP contribution in [-0.4, -0.2) is 42.0 Å². The van der Waals surface area contributed by atoms with Crippen LogP contribution in [0, 0.1) is 6.92 Å². The Morgan fingerprint density at radius 3 is 2.27 bits per heavy atom. The van der Waals surface area contributed by atoms with E-state index in [1.54, 1.807) is 29.2 Å². The van der Waals surface area contributed by atoms with Gasteiger partial charge in [-0.3, -0.25) is 9.59 Å². The molecule has 1 heterocycles. The molecule has 1 N–H and O–H groups in total. The fraction of sp³-hybridized carbons (Fsp3) is 0.333. The predicted molar refractivity (Wildman–Crippen MR) is 101 cm³/mol. The Bertz CT molecular complexity index is 791. The first-order chi connectivity index (χ1) is 12.4. The lowest BCUT2D eigenvalue weighted by atomic mass is 10.1. The highest BCUT2D eigenvalue weighted by Gasteiger charge is 2.28. The molecule has 1 saturated heterocycles. The second-order valence-corrected chi connectivity index (χ2v) is 6.83. The number of rotatable bonds is 3. The molecule has 0 aromatic heterocycles. The minimum Gasteiger partial charge on any atom is -0.372 e. The van der Waals surface area contributed by atoms with Crippen LogP contribution in [0.2, 0.25) is 0 Å². The number of hydrogen-bond acceptors (Lipinski definition) is 3. The molecule has 0 saturated carbocycles. The third-order valence-electron chi connectivity index (χ3n) is 4.43. The number of para-hydroxylation sites is 1. The molecule has 1 aliphatic rings. The fourth-order valence-electron chi connectivity index (χ4n) is 3.19. The number of carbonyl (C=O) groups excluding carboxylic acids is 2. The van der Waals surface area contributed by atoms with Gasteiger partial charge >= 0.3 is 0 Å². The molecule has 2 aromatic rings. The number of anilines is 1. The van der Waals surface area contributed by atoms with Gasteiger partial charge in [0.2, 0.25) is 0 Å². The van der Waals surface area contributed by atoms with Crippen LogP contribution in [0.4, 0.5) is 5.69 Å². The van der Waals surface area contributed by atoms with Crippen molar-refractivity contribution in [3.63, 3.8) is 0 Å². The molecule has 0 radical (unpaired) electrons. The maximum atomic E-state index is 13.0. The zero-order chi connectivity index (χ0) is 18.7. The maximum Gasteiger partial charge on any atom is 0.256 e. The van der Waals surface area contributed by atoms with Crippen LogP contribution in [0.1, 0.15) is 40.1 Å². The van der Waals surface area contributed by atoms with Gasteiger partial charge in [0.15, 0.2) is 0 Å². The highest BCUT2D eigenvalue weighted by molar-refractivity contribution is 6.09. The molecule has 0 unspecified atom stereocenters. The van der Waals surface area contributed by atoms with Gasteiger partial charge in [0.25, 0.3) is 11.8 Å². The van der Waals surface area contributed by atoms with Crippen molar-refractivity contribution in [2.75, 3.05) is 18.4 Å². The highest BCUT2D eigenvalue weighted by Crippen LogP contribution is 2.21. The van der Waals surface area contributed by atoms with Crippen LogP contribution in [0.25, 0.3) is 0 Å². The first kappa shape index (κ1) is 18.1. The standard InChI is InChI=1S/C21H24N2O3/c1-14-8-10-17(11-9-14)20(24)22-19-7-5-4-6-18(19)21(25)23-12-15(2)26-16(3)13-23/h4-11,15-16H,12-13H2,1-3H3,(H,22,24)/t15-,16-/m0/s1. The van der Waals surface area contributed by atoms with E-state index >= 15 is 0 Å². The van der Waals surface area contributed by atoms with Gasteiger partial charge < -0.3 is 15.0 Å². The second-order valence-electron chi connectivity index (χ2n) is 6.83. The number of amides is 2. The van der Waals surface area contributed by atoms with E-state index in [-0.39, 0.29) is 24.0 Å². The topological polar surface area (TPSA) is 58.6 Å². The molecule has 3 rings (SSSR count). The van der Waals surface area contributed by atoms with Gasteiger partial charge in [0.1, 0.15) is 0 Å². The first-order valence-electron chi connectivity index (χ1n) is 8.86. The van der Waals surface area contributed by atoms with Crippen LogP contribution < -0.4 is 5.32 Å². The summed E-state index contributed by atoms with van der Waals surface area (Å²) in [5.74, 6) is -0.319. The molecule has 0 aliphatic carbocycles. The third kappa shape index (κ3) is 4.11. The Kier molecular flexibility index (Phi) is 5.38. The molecular weight excluding hydrogens is 328 g/mol. The van der Waals surface area contributed by atoms with Crippen molar-refractivity contribution in [2.24, 2.45) is 0 Å². The minimum absolute atomic E-state index is 0.00277. The lowest BCUT2D eigenvalue weighted by Crippen LogP contribution is -2.48. The summed E-state index contributed by atoms with van der Waals surface area (Å²) in [7, 11) is 0. The SMILES string of the molecule is Cc1ccc(C(=O)Nc2ccccc2C(=O)N2C[C@H](C)O[C@@H](C)C2)cc1. The molecule has 5 heteroatoms. The quantitative estimate of drug-likeness (QED) is 0.920. The van der Waals surface area contributed by atoms with E-state index in [1.165, 1.54) is 0 Å². The summed E-state index contributed by atoms with van der Waals surface area (Å²) in [6.07, 6.45) is -0.00553. The monoisotopic (exact) mass is 352 g/mol. The largest absolute Gasteiger partial charge is 0.372 e. The fourth-order valence-corrected chi connectivity index (χ4v) is 3.19. The van der Waals surface area contributed by atoms with Crippen LogP contribution >= 0.6 is 0 Å². The Morgan fingerprint density at radius 1 is 1.00 bits per heavy atom. The number of nitrogens with zero attached hydrogens (tertiary/aromatic N) is 1. The molecule has 0 bridgehead atoms. The number of carbonyl (C=O) groups is 2. The van der Waals surface area contributed by atoms with E-state index in [1.807, 2.05) is 45.0 Å². The van der Waals surface area contributed by atoms with Crippen molar-refractivity contribution in [2.45, 2.75) is 33.0 Å². The predicted octanol–water partition coefficient (Wildman–Crippen LogP) is 3.50. The molecule has 136 valence electrons. The number of benzene rings is 2. The van der Waals surface area contributed by atoms with E-state index in [0.29, 0.717) is 29.9 Å². The van der Waals surface area contributed by atoms with Gasteiger partial charge in [-0.15, -0.1) is 0 Å². The van der Waals surface area contributed by atoms with E-state index in [9.17, 15) is 9.59 Å². The van der Waals surface area contributed by atoms with E-state index in [0.717, 1.165) is 5.56 Å². The van der Waals surface area contributed by atoms with Crippen molar-refractivity contribution in [3.05, 3.63) is 65.2 Å². The van der Waals surface area contributed by atoms with Gasteiger partial charge in [0, 0.05) is 18.7 Å². The summed E-state index contributed by atoms with van der Waals surface area (Å²) in [6, 6.07) is 14.5. The molecule has 0 spiro atoms. The third-order valence-corrected chi connectivity index (χ3v) is 4.43. The molecule has 2 amide bonds. The minimum atomic E-state index is -0.228. The van der Waals surface area contributed by atoms with Crippen LogP contribution in [0.3, 0.4) is 0 Å². The summed E-state index contributed by atoms with van der Waals surface area (Å²) in [5.41, 5.74) is 2.67. The molecular formula is C21H24N2O3. The molecule has 5 nitrogen and oxygen atoms in total. The zero-order valence-electron chi connectivity index (χ0n) is 15.4. The van der Waals surface area contributed by atoms with E-state index < -0.39 is 0 Å². The lowest BCUT2D eigenvalue weighted by molar-refractivity contribution is -0.0585. The zero-order valence-corrected chi connectivity index (χ0v) is 15.4. The Hall–Kier alpha value is -2.66. The molecule has 2 atom stereocenters. The van der Waals surface area contributed by atoms with Gasteiger partial charge in [-0.1, -0.05) is 29.8 Å². The number of ether oxygens (including phenoxy) is 1. The van der Waals surface area contributed by atoms with E-state index in [4.69, 9.17) is 4.74 Å². The molecule has 1 aliphatic heterocycles. The maximum absolute atomic E-state index is 13.0. The summed E-state index contributed by atoms with van der Waals surface area (Å²) < 4.78 is 5.70. The molecule has 1 fully saturated rings. The van der Waals surface area contributed by atoms with Crippen LogP contribution in [0.5, 0.6) is 0 Å².